The van der Waals surface area contributed by atoms with E-state index < -0.39 is 11.9 Å². The minimum absolute atomic E-state index is 0.558. The Morgan fingerprint density at radius 3 is 2.09 bits per heavy atom. The number of hydrogen-bond acceptors (Lipinski definition) is 3. The second-order valence-electron chi connectivity index (χ2n) is 7.70. The lowest BCUT2D eigenvalue weighted by atomic mass is 9.85. The lowest BCUT2D eigenvalue weighted by Gasteiger charge is -2.20. The van der Waals surface area contributed by atoms with Crippen molar-refractivity contribution in [3.05, 3.63) is 90.1 Å². The molecule has 5 nitrogen and oxygen atoms in total. The summed E-state index contributed by atoms with van der Waals surface area (Å²) in [5.74, 6) is -2.51. The van der Waals surface area contributed by atoms with Gasteiger partial charge >= 0.3 is 11.9 Å². The van der Waals surface area contributed by atoms with Crippen LogP contribution in [0.5, 0.6) is 0 Å². The first-order chi connectivity index (χ1) is 15.5. The molecule has 0 bridgehead atoms. The second kappa shape index (κ2) is 9.43. The van der Waals surface area contributed by atoms with Gasteiger partial charge in [-0.25, -0.2) is 9.59 Å². The highest BCUT2D eigenvalue weighted by molar-refractivity contribution is 6.14. The minimum Gasteiger partial charge on any atom is -0.478 e. The Kier molecular flexibility index (Phi) is 6.26. The number of aryl methyl sites for hydroxylation is 2. The fraction of sp³-hybridized carbons (Fsp3) is 0.148. The molecule has 1 aliphatic carbocycles. The number of aromatic nitrogens is 1. The Hall–Kier alpha value is -3.99. The third-order valence-electron chi connectivity index (χ3n) is 5.68. The van der Waals surface area contributed by atoms with Crippen LogP contribution < -0.4 is 0 Å². The molecule has 0 saturated carbocycles. The Balaban J connectivity index is 0.000000265. The van der Waals surface area contributed by atoms with Crippen molar-refractivity contribution in [2.75, 3.05) is 0 Å². The summed E-state index contributed by atoms with van der Waals surface area (Å²) in [5.41, 5.74) is 5.40. The molecule has 0 amide bonds. The fourth-order valence-electron chi connectivity index (χ4n) is 4.31. The number of fused-ring (bicyclic) bond motifs is 5. The monoisotopic (exact) mass is 425 g/mol. The van der Waals surface area contributed by atoms with Gasteiger partial charge in [-0.1, -0.05) is 42.5 Å². The molecular formula is C27H23NO4. The maximum absolute atomic E-state index is 9.55. The minimum atomic E-state index is -1.26. The molecule has 5 heteroatoms. The molecule has 1 heterocycles. The van der Waals surface area contributed by atoms with E-state index in [0.717, 1.165) is 5.69 Å². The standard InChI is InChI=1S/C23H19N.C4H4O4/c1-2-8-17-16(7-1)12-13-20-18-9-3-4-10-19(18)22(15-21(17)20)23-11-5-6-14-24-23;5-3(6)1-2-4(7)8/h3-6,9-15H,1-2,7-8H2;1-2H,(H,5,6)(H,7,8)/b;2-1+. The van der Waals surface area contributed by atoms with Crippen LogP contribution in [0.3, 0.4) is 0 Å². The maximum atomic E-state index is 9.55. The molecule has 0 saturated heterocycles. The van der Waals surface area contributed by atoms with Crippen molar-refractivity contribution in [2.45, 2.75) is 25.7 Å². The fourth-order valence-corrected chi connectivity index (χ4v) is 4.31. The largest absolute Gasteiger partial charge is 0.478 e. The summed E-state index contributed by atoms with van der Waals surface area (Å²) in [6.07, 6.45) is 8.04. The predicted octanol–water partition coefficient (Wildman–Crippen LogP) is 5.65. The Labute approximate surface area is 185 Å². The highest BCUT2D eigenvalue weighted by Crippen LogP contribution is 2.38. The average molecular weight is 425 g/mol. The summed E-state index contributed by atoms with van der Waals surface area (Å²) >= 11 is 0. The molecule has 1 aliphatic rings. The van der Waals surface area contributed by atoms with E-state index in [4.69, 9.17) is 10.2 Å². The number of carboxylic acid groups (broad SMARTS) is 2. The molecule has 160 valence electrons. The molecule has 0 atom stereocenters. The molecule has 2 N–H and O–H groups in total. The zero-order valence-corrected chi connectivity index (χ0v) is 17.5. The topological polar surface area (TPSA) is 87.5 Å². The zero-order chi connectivity index (χ0) is 22.5. The van der Waals surface area contributed by atoms with E-state index in [-0.39, 0.29) is 0 Å². The Bertz CT molecular complexity index is 1310. The average Bonchev–Trinajstić information content (AvgIpc) is 2.83. The number of nitrogens with zero attached hydrogens (tertiary/aromatic N) is 1. The normalized spacial score (nSPS) is 12.9. The highest BCUT2D eigenvalue weighted by Gasteiger charge is 2.16. The number of rotatable bonds is 3. The van der Waals surface area contributed by atoms with E-state index in [1.165, 1.54) is 58.4 Å². The third kappa shape index (κ3) is 4.52. The highest BCUT2D eigenvalue weighted by atomic mass is 16.4. The number of hydrogen-bond donors (Lipinski definition) is 2. The lowest BCUT2D eigenvalue weighted by molar-refractivity contribution is -0.134. The van der Waals surface area contributed by atoms with Gasteiger partial charge in [0.25, 0.3) is 0 Å². The van der Waals surface area contributed by atoms with Crippen molar-refractivity contribution in [1.82, 2.24) is 4.98 Å². The first-order valence-corrected chi connectivity index (χ1v) is 10.6. The van der Waals surface area contributed by atoms with Gasteiger partial charge in [-0.15, -0.1) is 0 Å². The molecule has 0 aliphatic heterocycles. The third-order valence-corrected chi connectivity index (χ3v) is 5.68. The van der Waals surface area contributed by atoms with Gasteiger partial charge in [-0.3, -0.25) is 4.98 Å². The molecule has 0 radical (unpaired) electrons. The predicted molar refractivity (Wildman–Crippen MR) is 126 cm³/mol. The Morgan fingerprint density at radius 1 is 0.750 bits per heavy atom. The van der Waals surface area contributed by atoms with Crippen LogP contribution in [0.25, 0.3) is 32.8 Å². The number of benzene rings is 3. The summed E-state index contributed by atoms with van der Waals surface area (Å²) in [7, 11) is 0. The SMILES string of the molecule is O=C(O)/C=C/C(=O)O.c1ccc(-c2cc3c4c(ccc3c3ccccc23)CCCC4)nc1. The van der Waals surface area contributed by atoms with Gasteiger partial charge in [0.05, 0.1) is 5.69 Å². The number of carboxylic acids is 2. The van der Waals surface area contributed by atoms with Crippen LogP contribution in [-0.4, -0.2) is 27.1 Å². The van der Waals surface area contributed by atoms with Crippen molar-refractivity contribution in [2.24, 2.45) is 0 Å². The molecule has 0 unspecified atom stereocenters. The lowest BCUT2D eigenvalue weighted by Crippen LogP contribution is -2.03. The molecular weight excluding hydrogens is 402 g/mol. The van der Waals surface area contributed by atoms with Gasteiger partial charge in [0.15, 0.2) is 0 Å². The van der Waals surface area contributed by atoms with Crippen LogP contribution in [0.15, 0.2) is 79.0 Å². The maximum Gasteiger partial charge on any atom is 0.328 e. The van der Waals surface area contributed by atoms with E-state index in [1.54, 1.807) is 5.56 Å². The Morgan fingerprint density at radius 2 is 1.41 bits per heavy atom. The van der Waals surface area contributed by atoms with E-state index in [2.05, 4.69) is 59.6 Å². The van der Waals surface area contributed by atoms with Crippen LogP contribution in [0.4, 0.5) is 0 Å². The van der Waals surface area contributed by atoms with Crippen molar-refractivity contribution in [3.8, 4) is 11.3 Å². The van der Waals surface area contributed by atoms with Gasteiger partial charge in [-0.2, -0.15) is 0 Å². The van der Waals surface area contributed by atoms with Crippen LogP contribution in [0, 0.1) is 0 Å². The van der Waals surface area contributed by atoms with Crippen LogP contribution in [-0.2, 0) is 22.4 Å². The van der Waals surface area contributed by atoms with E-state index in [0.29, 0.717) is 12.2 Å². The molecule has 4 aromatic rings. The first kappa shape index (κ1) is 21.2. The summed E-state index contributed by atoms with van der Waals surface area (Å²) < 4.78 is 0. The zero-order valence-electron chi connectivity index (χ0n) is 17.5. The molecule has 0 spiro atoms. The van der Waals surface area contributed by atoms with E-state index in [9.17, 15) is 9.59 Å². The molecule has 3 aromatic carbocycles. The van der Waals surface area contributed by atoms with Crippen molar-refractivity contribution >= 4 is 33.5 Å². The number of aliphatic carboxylic acids is 2. The van der Waals surface area contributed by atoms with Gasteiger partial charge in [0.2, 0.25) is 0 Å². The van der Waals surface area contributed by atoms with E-state index >= 15 is 0 Å². The summed E-state index contributed by atoms with van der Waals surface area (Å²) in [5, 5.41) is 21.1. The summed E-state index contributed by atoms with van der Waals surface area (Å²) in [6.45, 7) is 0. The molecule has 0 fully saturated rings. The second-order valence-corrected chi connectivity index (χ2v) is 7.70. The molecule has 32 heavy (non-hydrogen) atoms. The quantitative estimate of drug-likeness (QED) is 0.327. The van der Waals surface area contributed by atoms with Crippen molar-refractivity contribution in [3.63, 3.8) is 0 Å². The van der Waals surface area contributed by atoms with Crippen molar-refractivity contribution < 1.29 is 19.8 Å². The van der Waals surface area contributed by atoms with Crippen LogP contribution in [0.1, 0.15) is 24.0 Å². The molecule has 5 rings (SSSR count). The van der Waals surface area contributed by atoms with Crippen LogP contribution in [0.2, 0.25) is 0 Å². The van der Waals surface area contributed by atoms with Gasteiger partial charge < -0.3 is 10.2 Å². The first-order valence-electron chi connectivity index (χ1n) is 10.6. The van der Waals surface area contributed by atoms with Crippen LogP contribution >= 0.6 is 0 Å². The number of pyridine rings is 1. The number of carbonyl (C=O) groups is 2. The smallest absolute Gasteiger partial charge is 0.328 e. The molecule has 1 aromatic heterocycles. The van der Waals surface area contributed by atoms with Crippen molar-refractivity contribution in [1.29, 1.82) is 0 Å². The van der Waals surface area contributed by atoms with Gasteiger partial charge in [-0.05, 0) is 76.6 Å². The summed E-state index contributed by atoms with van der Waals surface area (Å²) in [6, 6.07) is 22.0. The van der Waals surface area contributed by atoms with Gasteiger partial charge in [0.1, 0.15) is 0 Å². The van der Waals surface area contributed by atoms with Gasteiger partial charge in [0, 0.05) is 23.9 Å². The van der Waals surface area contributed by atoms with E-state index in [1.807, 2.05) is 12.3 Å². The summed E-state index contributed by atoms with van der Waals surface area (Å²) in [4.78, 5) is 23.7.